The predicted molar refractivity (Wildman–Crippen MR) is 95.1 cm³/mol. The number of methoxy groups -OCH3 is 1. The van der Waals surface area contributed by atoms with Gasteiger partial charge in [-0.2, -0.15) is 5.10 Å². The van der Waals surface area contributed by atoms with Gasteiger partial charge in [-0.1, -0.05) is 12.1 Å². The Morgan fingerprint density at radius 3 is 2.58 bits per heavy atom. The second-order valence-corrected chi connectivity index (χ2v) is 5.88. The molecule has 0 aliphatic carbocycles. The molecule has 3 rings (SSSR count). The number of H-pyrrole nitrogens is 1. The van der Waals surface area contributed by atoms with Gasteiger partial charge in [0.25, 0.3) is 5.91 Å². The zero-order valence-corrected chi connectivity index (χ0v) is 14.9. The van der Waals surface area contributed by atoms with E-state index in [-0.39, 0.29) is 12.0 Å². The topological polar surface area (TPSA) is 87.8 Å². The van der Waals surface area contributed by atoms with Crippen LogP contribution in [0.2, 0.25) is 0 Å². The molecule has 0 bridgehead atoms. The number of hydrogen-bond acceptors (Lipinski definition) is 5. The summed E-state index contributed by atoms with van der Waals surface area (Å²) in [7, 11) is 1.61. The number of hydrogen-bond donors (Lipinski definition) is 1. The Labute approximate surface area is 151 Å². The average Bonchev–Trinajstić information content (AvgIpc) is 3.18. The van der Waals surface area contributed by atoms with Crippen molar-refractivity contribution in [3.8, 4) is 17.0 Å². The van der Waals surface area contributed by atoms with Crippen LogP contribution in [0.5, 0.6) is 5.75 Å². The lowest BCUT2D eigenvalue weighted by Crippen LogP contribution is -2.50. The van der Waals surface area contributed by atoms with E-state index in [0.717, 1.165) is 11.3 Å². The summed E-state index contributed by atoms with van der Waals surface area (Å²) < 4.78 is 10.2. The van der Waals surface area contributed by atoms with Gasteiger partial charge in [0.15, 0.2) is 0 Å². The Morgan fingerprint density at radius 1 is 1.15 bits per heavy atom. The maximum atomic E-state index is 12.7. The SMILES string of the molecule is CCOC(=O)N1CCN(C(=O)c2cc(-c3cccc(OC)c3)n[nH]2)CC1. The Bertz CT molecular complexity index is 781. The number of aromatic amines is 1. The minimum Gasteiger partial charge on any atom is -0.497 e. The molecule has 2 aromatic rings. The largest absolute Gasteiger partial charge is 0.497 e. The highest BCUT2D eigenvalue weighted by Crippen LogP contribution is 2.23. The Hall–Kier alpha value is -3.03. The van der Waals surface area contributed by atoms with Gasteiger partial charge in [0, 0.05) is 31.7 Å². The van der Waals surface area contributed by atoms with Crippen molar-refractivity contribution in [3.63, 3.8) is 0 Å². The molecular weight excluding hydrogens is 336 g/mol. The summed E-state index contributed by atoms with van der Waals surface area (Å²) in [6.07, 6.45) is -0.332. The van der Waals surface area contributed by atoms with Gasteiger partial charge in [-0.25, -0.2) is 4.79 Å². The number of piperazine rings is 1. The van der Waals surface area contributed by atoms with Crippen molar-refractivity contribution in [1.82, 2.24) is 20.0 Å². The fraction of sp³-hybridized carbons (Fsp3) is 0.389. The van der Waals surface area contributed by atoms with Gasteiger partial charge in [0.2, 0.25) is 0 Å². The van der Waals surface area contributed by atoms with Gasteiger partial charge in [0.1, 0.15) is 11.4 Å². The van der Waals surface area contributed by atoms with Crippen LogP contribution < -0.4 is 4.74 Å². The first-order valence-corrected chi connectivity index (χ1v) is 8.53. The smallest absolute Gasteiger partial charge is 0.409 e. The molecule has 8 heteroatoms. The van der Waals surface area contributed by atoms with E-state index in [0.29, 0.717) is 44.2 Å². The molecule has 1 saturated heterocycles. The van der Waals surface area contributed by atoms with Crippen molar-refractivity contribution in [2.24, 2.45) is 0 Å². The van der Waals surface area contributed by atoms with Gasteiger partial charge >= 0.3 is 6.09 Å². The summed E-state index contributed by atoms with van der Waals surface area (Å²) in [6.45, 7) is 3.97. The normalized spacial score (nSPS) is 14.2. The fourth-order valence-corrected chi connectivity index (χ4v) is 2.84. The lowest BCUT2D eigenvalue weighted by molar-refractivity contribution is 0.0566. The number of carbonyl (C=O) groups excluding carboxylic acids is 2. The summed E-state index contributed by atoms with van der Waals surface area (Å²) >= 11 is 0. The van der Waals surface area contributed by atoms with E-state index in [1.54, 1.807) is 29.9 Å². The molecule has 0 atom stereocenters. The Balaban J connectivity index is 1.64. The molecule has 2 heterocycles. The molecule has 1 fully saturated rings. The molecule has 2 amide bonds. The van der Waals surface area contributed by atoms with Gasteiger partial charge in [-0.05, 0) is 25.1 Å². The molecule has 1 aliphatic heterocycles. The lowest BCUT2D eigenvalue weighted by atomic mass is 10.1. The van der Waals surface area contributed by atoms with Crippen molar-refractivity contribution in [2.45, 2.75) is 6.92 Å². The zero-order chi connectivity index (χ0) is 18.5. The van der Waals surface area contributed by atoms with Crippen LogP contribution in [-0.2, 0) is 4.74 Å². The molecule has 0 spiro atoms. The van der Waals surface area contributed by atoms with E-state index in [9.17, 15) is 9.59 Å². The van der Waals surface area contributed by atoms with E-state index < -0.39 is 0 Å². The van der Waals surface area contributed by atoms with Crippen LogP contribution in [0.3, 0.4) is 0 Å². The predicted octanol–water partition coefficient (Wildman–Crippen LogP) is 2.00. The van der Waals surface area contributed by atoms with Crippen molar-refractivity contribution in [1.29, 1.82) is 0 Å². The highest BCUT2D eigenvalue weighted by atomic mass is 16.6. The first-order valence-electron chi connectivity index (χ1n) is 8.53. The van der Waals surface area contributed by atoms with E-state index in [2.05, 4.69) is 10.2 Å². The molecular formula is C18H22N4O4. The standard InChI is InChI=1S/C18H22N4O4/c1-3-26-18(24)22-9-7-21(8-10-22)17(23)16-12-15(19-20-16)13-5-4-6-14(11-13)25-2/h4-6,11-12H,3,7-10H2,1-2H3,(H,19,20). The molecule has 0 saturated carbocycles. The van der Waals surface area contributed by atoms with Crippen LogP contribution in [0.4, 0.5) is 4.79 Å². The van der Waals surface area contributed by atoms with E-state index >= 15 is 0 Å². The molecule has 8 nitrogen and oxygen atoms in total. The van der Waals surface area contributed by atoms with Crippen molar-refractivity contribution in [3.05, 3.63) is 36.0 Å². The zero-order valence-electron chi connectivity index (χ0n) is 14.9. The highest BCUT2D eigenvalue weighted by Gasteiger charge is 2.26. The molecule has 1 aromatic carbocycles. The van der Waals surface area contributed by atoms with Crippen LogP contribution in [-0.4, -0.2) is 71.9 Å². The maximum absolute atomic E-state index is 12.7. The first kappa shape index (κ1) is 17.8. The number of aromatic nitrogens is 2. The summed E-state index contributed by atoms with van der Waals surface area (Å²) in [5, 5.41) is 7.04. The molecule has 0 unspecified atom stereocenters. The summed E-state index contributed by atoms with van der Waals surface area (Å²) in [5.41, 5.74) is 1.97. The summed E-state index contributed by atoms with van der Waals surface area (Å²) in [5.74, 6) is 0.601. The van der Waals surface area contributed by atoms with Crippen LogP contribution in [0.25, 0.3) is 11.3 Å². The summed E-state index contributed by atoms with van der Waals surface area (Å²) in [4.78, 5) is 27.7. The molecule has 138 valence electrons. The number of amides is 2. The monoisotopic (exact) mass is 358 g/mol. The second kappa shape index (κ2) is 7.90. The number of ether oxygens (including phenoxy) is 2. The lowest BCUT2D eigenvalue weighted by Gasteiger charge is -2.33. The average molecular weight is 358 g/mol. The fourth-order valence-electron chi connectivity index (χ4n) is 2.84. The molecule has 1 aliphatic rings. The van der Waals surface area contributed by atoms with Gasteiger partial charge in [0.05, 0.1) is 19.4 Å². The van der Waals surface area contributed by atoms with Crippen LogP contribution in [0.1, 0.15) is 17.4 Å². The van der Waals surface area contributed by atoms with E-state index in [4.69, 9.17) is 9.47 Å². The number of nitrogens with zero attached hydrogens (tertiary/aromatic N) is 3. The number of nitrogens with one attached hydrogen (secondary N) is 1. The Kier molecular flexibility index (Phi) is 5.40. The quantitative estimate of drug-likeness (QED) is 0.903. The second-order valence-electron chi connectivity index (χ2n) is 5.88. The minimum atomic E-state index is -0.332. The van der Waals surface area contributed by atoms with E-state index in [1.165, 1.54) is 0 Å². The number of benzene rings is 1. The molecule has 1 N–H and O–H groups in total. The van der Waals surface area contributed by atoms with Crippen molar-refractivity contribution in [2.75, 3.05) is 39.9 Å². The summed E-state index contributed by atoms with van der Waals surface area (Å²) in [6, 6.07) is 9.23. The first-order chi connectivity index (χ1) is 12.6. The van der Waals surface area contributed by atoms with Crippen LogP contribution >= 0.6 is 0 Å². The minimum absolute atomic E-state index is 0.129. The van der Waals surface area contributed by atoms with Gasteiger partial charge in [-0.3, -0.25) is 9.89 Å². The van der Waals surface area contributed by atoms with Gasteiger partial charge in [-0.15, -0.1) is 0 Å². The highest BCUT2D eigenvalue weighted by molar-refractivity contribution is 5.93. The van der Waals surface area contributed by atoms with Crippen LogP contribution in [0, 0.1) is 0 Å². The van der Waals surface area contributed by atoms with Crippen molar-refractivity contribution < 1.29 is 19.1 Å². The number of carbonyl (C=O) groups is 2. The molecule has 26 heavy (non-hydrogen) atoms. The Morgan fingerprint density at radius 2 is 1.88 bits per heavy atom. The third-order valence-corrected chi connectivity index (χ3v) is 4.27. The number of rotatable bonds is 4. The third kappa shape index (κ3) is 3.79. The van der Waals surface area contributed by atoms with Crippen LogP contribution in [0.15, 0.2) is 30.3 Å². The molecule has 1 aromatic heterocycles. The molecule has 0 radical (unpaired) electrons. The van der Waals surface area contributed by atoms with Crippen molar-refractivity contribution >= 4 is 12.0 Å². The third-order valence-electron chi connectivity index (χ3n) is 4.27. The van der Waals surface area contributed by atoms with Gasteiger partial charge < -0.3 is 19.3 Å². The van der Waals surface area contributed by atoms with E-state index in [1.807, 2.05) is 24.3 Å². The maximum Gasteiger partial charge on any atom is 0.409 e.